The standard InChI is InChI=1S/C30H39N5O5/c1-3-35-15-9-12-22(35)20-31-29(38)24-19-27(36)32-25(18-21-10-5-4-6-11-21)30(39)34(2)16-17-40-26-14-8-7-13-23(26)28(37)33-24/h4-8,10-11,13-14,22,24-25H,3,9,12,15-20H2,1-2H3,(H,31,38)(H,32,36)(H,33,37)/t22-,24-,25-/m0/s1. The number of para-hydroxylation sites is 1. The minimum Gasteiger partial charge on any atom is -0.491 e. The largest absolute Gasteiger partial charge is 0.491 e. The van der Waals surface area contributed by atoms with E-state index in [-0.39, 0.29) is 43.5 Å². The molecule has 10 nitrogen and oxygen atoms in total. The van der Waals surface area contributed by atoms with Crippen LogP contribution in [0.3, 0.4) is 0 Å². The van der Waals surface area contributed by atoms with Crippen LogP contribution < -0.4 is 20.7 Å². The number of rotatable bonds is 6. The van der Waals surface area contributed by atoms with Crippen molar-refractivity contribution in [3.8, 4) is 5.75 Å². The minimum atomic E-state index is -1.13. The summed E-state index contributed by atoms with van der Waals surface area (Å²) in [6, 6.07) is 14.4. The maximum atomic E-state index is 13.4. The summed E-state index contributed by atoms with van der Waals surface area (Å²) < 4.78 is 5.88. The van der Waals surface area contributed by atoms with Crippen molar-refractivity contribution in [1.29, 1.82) is 0 Å². The first-order valence-corrected chi connectivity index (χ1v) is 14.0. The fourth-order valence-electron chi connectivity index (χ4n) is 5.27. The van der Waals surface area contributed by atoms with E-state index < -0.39 is 29.8 Å². The summed E-state index contributed by atoms with van der Waals surface area (Å²) >= 11 is 0. The predicted octanol–water partition coefficient (Wildman–Crippen LogP) is 1.35. The number of ether oxygens (including phenoxy) is 1. The van der Waals surface area contributed by atoms with Crippen LogP contribution in [0, 0.1) is 0 Å². The monoisotopic (exact) mass is 549 g/mol. The van der Waals surface area contributed by atoms with Crippen molar-refractivity contribution in [2.45, 2.75) is 50.7 Å². The number of carbonyl (C=O) groups is 4. The molecule has 0 radical (unpaired) electrons. The fourth-order valence-corrected chi connectivity index (χ4v) is 5.27. The van der Waals surface area contributed by atoms with Gasteiger partial charge in [0.25, 0.3) is 5.91 Å². The van der Waals surface area contributed by atoms with E-state index in [1.807, 2.05) is 30.3 Å². The van der Waals surface area contributed by atoms with Crippen LogP contribution in [0.5, 0.6) is 5.75 Å². The normalized spacial score (nSPS) is 22.9. The Morgan fingerprint density at radius 1 is 1.02 bits per heavy atom. The second-order valence-electron chi connectivity index (χ2n) is 10.3. The van der Waals surface area contributed by atoms with Crippen LogP contribution in [-0.2, 0) is 20.8 Å². The third kappa shape index (κ3) is 7.59. The fraction of sp³-hybridized carbons (Fsp3) is 0.467. The average molecular weight is 550 g/mol. The van der Waals surface area contributed by atoms with Crippen LogP contribution in [0.15, 0.2) is 54.6 Å². The maximum absolute atomic E-state index is 13.4. The molecule has 4 amide bonds. The molecule has 0 saturated carbocycles. The van der Waals surface area contributed by atoms with Crippen LogP contribution in [0.1, 0.15) is 42.1 Å². The van der Waals surface area contributed by atoms with Gasteiger partial charge in [-0.1, -0.05) is 49.4 Å². The molecule has 1 fully saturated rings. The molecule has 40 heavy (non-hydrogen) atoms. The molecule has 214 valence electrons. The van der Waals surface area contributed by atoms with Gasteiger partial charge in [-0.25, -0.2) is 0 Å². The molecule has 3 atom stereocenters. The topological polar surface area (TPSA) is 120 Å². The number of likely N-dealkylation sites (tertiary alicyclic amines) is 1. The zero-order chi connectivity index (χ0) is 28.5. The first-order valence-electron chi connectivity index (χ1n) is 14.0. The molecular weight excluding hydrogens is 510 g/mol. The molecule has 0 spiro atoms. The quantitative estimate of drug-likeness (QED) is 0.501. The van der Waals surface area contributed by atoms with Gasteiger partial charge < -0.3 is 25.6 Å². The molecule has 4 rings (SSSR count). The highest BCUT2D eigenvalue weighted by Crippen LogP contribution is 2.19. The van der Waals surface area contributed by atoms with Gasteiger partial charge in [-0.05, 0) is 43.6 Å². The van der Waals surface area contributed by atoms with Crippen molar-refractivity contribution in [3.63, 3.8) is 0 Å². The molecule has 2 heterocycles. The number of hydrogen-bond donors (Lipinski definition) is 3. The summed E-state index contributed by atoms with van der Waals surface area (Å²) in [6.07, 6.45) is 2.02. The van der Waals surface area contributed by atoms with E-state index in [0.29, 0.717) is 12.3 Å². The third-order valence-corrected chi connectivity index (χ3v) is 7.54. The van der Waals surface area contributed by atoms with E-state index in [1.165, 1.54) is 4.90 Å². The van der Waals surface area contributed by atoms with Gasteiger partial charge in [0.05, 0.1) is 18.5 Å². The average Bonchev–Trinajstić information content (AvgIpc) is 3.42. The summed E-state index contributed by atoms with van der Waals surface area (Å²) in [6.45, 7) is 4.81. The second kappa shape index (κ2) is 13.9. The van der Waals surface area contributed by atoms with Gasteiger partial charge in [-0.3, -0.25) is 24.1 Å². The number of fused-ring (bicyclic) bond motifs is 1. The molecular formula is C30H39N5O5. The summed E-state index contributed by atoms with van der Waals surface area (Å²) in [7, 11) is 1.65. The van der Waals surface area contributed by atoms with E-state index in [9.17, 15) is 19.2 Å². The van der Waals surface area contributed by atoms with Crippen molar-refractivity contribution >= 4 is 23.6 Å². The number of likely N-dealkylation sites (N-methyl/N-ethyl adjacent to an activating group) is 2. The Bertz CT molecular complexity index is 1190. The van der Waals surface area contributed by atoms with Crippen molar-refractivity contribution < 1.29 is 23.9 Å². The maximum Gasteiger partial charge on any atom is 0.255 e. The molecule has 2 aliphatic heterocycles. The predicted molar refractivity (Wildman–Crippen MR) is 151 cm³/mol. The summed E-state index contributed by atoms with van der Waals surface area (Å²) in [5.74, 6) is -1.38. The van der Waals surface area contributed by atoms with Gasteiger partial charge in [-0.15, -0.1) is 0 Å². The lowest BCUT2D eigenvalue weighted by Crippen LogP contribution is -2.54. The SMILES string of the molecule is CCN1CCC[C@H]1CNC(=O)[C@@H]1CC(=O)N[C@@H](Cc2ccccc2)C(=O)N(C)CCOc2ccccc2C(=O)N1. The Morgan fingerprint density at radius 2 is 1.77 bits per heavy atom. The molecule has 2 aromatic carbocycles. The molecule has 0 aromatic heterocycles. The summed E-state index contributed by atoms with van der Waals surface area (Å²) in [4.78, 5) is 57.1. The number of carbonyl (C=O) groups excluding carboxylic acids is 4. The van der Waals surface area contributed by atoms with Crippen LogP contribution >= 0.6 is 0 Å². The van der Waals surface area contributed by atoms with Gasteiger partial charge in [0, 0.05) is 26.1 Å². The Morgan fingerprint density at radius 3 is 2.55 bits per heavy atom. The van der Waals surface area contributed by atoms with E-state index in [1.54, 1.807) is 31.3 Å². The number of amides is 4. The van der Waals surface area contributed by atoms with Crippen molar-refractivity contribution in [1.82, 2.24) is 25.8 Å². The highest BCUT2D eigenvalue weighted by Gasteiger charge is 2.31. The van der Waals surface area contributed by atoms with Crippen LogP contribution in [0.4, 0.5) is 0 Å². The van der Waals surface area contributed by atoms with E-state index in [0.717, 1.165) is 31.5 Å². The van der Waals surface area contributed by atoms with Crippen molar-refractivity contribution in [3.05, 3.63) is 65.7 Å². The van der Waals surface area contributed by atoms with Crippen LogP contribution in [0.25, 0.3) is 0 Å². The molecule has 1 saturated heterocycles. The molecule has 0 aliphatic carbocycles. The van der Waals surface area contributed by atoms with Gasteiger partial charge in [0.15, 0.2) is 0 Å². The Labute approximate surface area is 235 Å². The highest BCUT2D eigenvalue weighted by molar-refractivity contribution is 6.01. The lowest BCUT2D eigenvalue weighted by atomic mass is 10.0. The Hall–Kier alpha value is -3.92. The van der Waals surface area contributed by atoms with Gasteiger partial charge >= 0.3 is 0 Å². The molecule has 3 N–H and O–H groups in total. The van der Waals surface area contributed by atoms with Crippen molar-refractivity contribution in [2.24, 2.45) is 0 Å². The molecule has 2 aromatic rings. The zero-order valence-electron chi connectivity index (χ0n) is 23.2. The molecule has 0 bridgehead atoms. The molecule has 0 unspecified atom stereocenters. The second-order valence-corrected chi connectivity index (χ2v) is 10.3. The van der Waals surface area contributed by atoms with Gasteiger partial charge in [0.1, 0.15) is 24.4 Å². The Kier molecular flexibility index (Phi) is 10.1. The first kappa shape index (κ1) is 29.1. The highest BCUT2D eigenvalue weighted by atomic mass is 16.5. The van der Waals surface area contributed by atoms with Gasteiger partial charge in [0.2, 0.25) is 17.7 Å². The van der Waals surface area contributed by atoms with E-state index in [2.05, 4.69) is 27.8 Å². The lowest BCUT2D eigenvalue weighted by Gasteiger charge is -2.27. The van der Waals surface area contributed by atoms with Crippen LogP contribution in [0.2, 0.25) is 0 Å². The molecule has 2 aliphatic rings. The first-order chi connectivity index (χ1) is 19.4. The number of nitrogens with zero attached hydrogens (tertiary/aromatic N) is 2. The van der Waals surface area contributed by atoms with E-state index >= 15 is 0 Å². The van der Waals surface area contributed by atoms with Crippen molar-refractivity contribution in [2.75, 3.05) is 39.8 Å². The Balaban J connectivity index is 1.57. The van der Waals surface area contributed by atoms with E-state index in [4.69, 9.17) is 4.74 Å². The number of hydrogen-bond acceptors (Lipinski definition) is 6. The smallest absolute Gasteiger partial charge is 0.255 e. The number of benzene rings is 2. The lowest BCUT2D eigenvalue weighted by molar-refractivity contribution is -0.136. The third-order valence-electron chi connectivity index (χ3n) is 7.54. The summed E-state index contributed by atoms with van der Waals surface area (Å²) in [5.41, 5.74) is 1.14. The van der Waals surface area contributed by atoms with Gasteiger partial charge in [-0.2, -0.15) is 0 Å². The minimum absolute atomic E-state index is 0.151. The number of nitrogens with one attached hydrogen (secondary N) is 3. The molecule has 10 heteroatoms. The zero-order valence-corrected chi connectivity index (χ0v) is 23.2. The van der Waals surface area contributed by atoms with Crippen LogP contribution in [-0.4, -0.2) is 91.4 Å². The summed E-state index contributed by atoms with van der Waals surface area (Å²) in [5, 5.41) is 8.51.